The van der Waals surface area contributed by atoms with Gasteiger partial charge in [-0.1, -0.05) is 5.21 Å². The van der Waals surface area contributed by atoms with Gasteiger partial charge in [0.05, 0.1) is 37.8 Å². The maximum absolute atomic E-state index is 11.3. The second kappa shape index (κ2) is 6.83. The highest BCUT2D eigenvalue weighted by Crippen LogP contribution is 2.30. The number of ether oxygens (including phenoxy) is 2. The lowest BCUT2D eigenvalue weighted by Crippen LogP contribution is -2.32. The van der Waals surface area contributed by atoms with Crippen LogP contribution in [0, 0.1) is 5.92 Å². The van der Waals surface area contributed by atoms with Crippen molar-refractivity contribution in [2.45, 2.75) is 13.2 Å². The SMILES string of the molecule is COc1ncccc1-c1nnn2c1COCC(CNS(C)(=O)=O)C2. The molecular formula is C14H19N5O4S. The van der Waals surface area contributed by atoms with Crippen LogP contribution in [0.1, 0.15) is 5.69 Å². The van der Waals surface area contributed by atoms with Crippen molar-refractivity contribution in [1.82, 2.24) is 24.7 Å². The first kappa shape index (κ1) is 16.8. The Morgan fingerprint density at radius 1 is 1.50 bits per heavy atom. The van der Waals surface area contributed by atoms with E-state index in [1.54, 1.807) is 24.1 Å². The molecule has 3 rings (SSSR count). The Bertz CT molecular complexity index is 820. The first-order valence-corrected chi connectivity index (χ1v) is 9.31. The zero-order valence-corrected chi connectivity index (χ0v) is 14.3. The van der Waals surface area contributed by atoms with Gasteiger partial charge in [-0.05, 0) is 12.1 Å². The van der Waals surface area contributed by atoms with Crippen molar-refractivity contribution in [3.8, 4) is 17.1 Å². The summed E-state index contributed by atoms with van der Waals surface area (Å²) in [5.41, 5.74) is 2.23. The quantitative estimate of drug-likeness (QED) is 0.809. The number of pyridine rings is 1. The first-order chi connectivity index (χ1) is 11.5. The molecule has 0 fully saturated rings. The largest absolute Gasteiger partial charge is 0.481 e. The molecule has 0 saturated heterocycles. The highest BCUT2D eigenvalue weighted by molar-refractivity contribution is 7.88. The molecule has 2 aromatic rings. The van der Waals surface area contributed by atoms with Gasteiger partial charge in [0.15, 0.2) is 0 Å². The van der Waals surface area contributed by atoms with Crippen LogP contribution in [-0.2, 0) is 27.9 Å². The van der Waals surface area contributed by atoms with Crippen LogP contribution in [0.25, 0.3) is 11.3 Å². The summed E-state index contributed by atoms with van der Waals surface area (Å²) in [6, 6.07) is 3.67. The zero-order chi connectivity index (χ0) is 17.2. The highest BCUT2D eigenvalue weighted by Gasteiger charge is 2.24. The van der Waals surface area contributed by atoms with E-state index in [9.17, 15) is 8.42 Å². The number of rotatable bonds is 5. The molecule has 0 amide bonds. The summed E-state index contributed by atoms with van der Waals surface area (Å²) in [6.45, 7) is 1.60. The van der Waals surface area contributed by atoms with Crippen molar-refractivity contribution in [1.29, 1.82) is 0 Å². The third kappa shape index (κ3) is 3.71. The second-order valence-corrected chi connectivity index (χ2v) is 7.46. The smallest absolute Gasteiger partial charge is 0.222 e. The molecule has 2 aromatic heterocycles. The van der Waals surface area contributed by atoms with Gasteiger partial charge >= 0.3 is 0 Å². The number of aromatic nitrogens is 4. The molecule has 24 heavy (non-hydrogen) atoms. The van der Waals surface area contributed by atoms with Gasteiger partial charge in [-0.2, -0.15) is 0 Å². The molecule has 1 atom stereocenters. The van der Waals surface area contributed by atoms with Gasteiger partial charge in [0.25, 0.3) is 0 Å². The predicted octanol–water partition coefficient (Wildman–Crippen LogP) is 0.0443. The van der Waals surface area contributed by atoms with E-state index in [4.69, 9.17) is 9.47 Å². The maximum Gasteiger partial charge on any atom is 0.222 e. The molecule has 0 saturated carbocycles. The van der Waals surface area contributed by atoms with Gasteiger partial charge < -0.3 is 9.47 Å². The lowest BCUT2D eigenvalue weighted by Gasteiger charge is -2.13. The zero-order valence-electron chi connectivity index (χ0n) is 13.5. The Kier molecular flexibility index (Phi) is 4.78. The molecule has 1 unspecified atom stereocenters. The van der Waals surface area contributed by atoms with Crippen LogP contribution < -0.4 is 9.46 Å². The minimum atomic E-state index is -3.24. The van der Waals surface area contributed by atoms with Crippen molar-refractivity contribution in [3.63, 3.8) is 0 Å². The number of fused-ring (bicyclic) bond motifs is 1. The van der Waals surface area contributed by atoms with Crippen LogP contribution in [0.4, 0.5) is 0 Å². The Balaban J connectivity index is 1.85. The average molecular weight is 353 g/mol. The van der Waals surface area contributed by atoms with Gasteiger partial charge in [0.1, 0.15) is 5.69 Å². The lowest BCUT2D eigenvalue weighted by atomic mass is 10.1. The fourth-order valence-electron chi connectivity index (χ4n) is 2.58. The number of nitrogens with zero attached hydrogens (tertiary/aromatic N) is 4. The predicted molar refractivity (Wildman–Crippen MR) is 85.8 cm³/mol. The van der Waals surface area contributed by atoms with Crippen LogP contribution in [0.15, 0.2) is 18.3 Å². The molecule has 130 valence electrons. The number of hydrogen-bond donors (Lipinski definition) is 1. The molecule has 1 aliphatic rings. The Labute approximate surface area is 140 Å². The summed E-state index contributed by atoms with van der Waals surface area (Å²) in [5, 5.41) is 8.43. The fourth-order valence-corrected chi connectivity index (χ4v) is 3.12. The number of nitrogens with one attached hydrogen (secondary N) is 1. The van der Waals surface area contributed by atoms with E-state index in [1.807, 2.05) is 6.07 Å². The molecule has 3 heterocycles. The Morgan fingerprint density at radius 3 is 3.08 bits per heavy atom. The molecule has 0 radical (unpaired) electrons. The normalized spacial score (nSPS) is 18.0. The van der Waals surface area contributed by atoms with Crippen LogP contribution >= 0.6 is 0 Å². The molecular weight excluding hydrogens is 334 g/mol. The van der Waals surface area contributed by atoms with E-state index in [-0.39, 0.29) is 5.92 Å². The molecule has 9 nitrogen and oxygen atoms in total. The summed E-state index contributed by atoms with van der Waals surface area (Å²) in [6.07, 6.45) is 2.78. The average Bonchev–Trinajstić information content (AvgIpc) is 2.82. The minimum absolute atomic E-state index is 0.0219. The molecule has 10 heteroatoms. The van der Waals surface area contributed by atoms with Crippen molar-refractivity contribution in [3.05, 3.63) is 24.0 Å². The van der Waals surface area contributed by atoms with Crippen LogP contribution in [0.3, 0.4) is 0 Å². The van der Waals surface area contributed by atoms with E-state index >= 15 is 0 Å². The minimum Gasteiger partial charge on any atom is -0.481 e. The number of hydrogen-bond acceptors (Lipinski definition) is 7. The van der Waals surface area contributed by atoms with Crippen molar-refractivity contribution in [2.75, 3.05) is 26.5 Å². The highest BCUT2D eigenvalue weighted by atomic mass is 32.2. The molecule has 0 aromatic carbocycles. The summed E-state index contributed by atoms with van der Waals surface area (Å²) in [5.74, 6) is 0.451. The summed E-state index contributed by atoms with van der Waals surface area (Å²) in [4.78, 5) is 4.18. The Morgan fingerprint density at radius 2 is 2.33 bits per heavy atom. The topological polar surface area (TPSA) is 108 Å². The van der Waals surface area contributed by atoms with Gasteiger partial charge in [-0.25, -0.2) is 22.8 Å². The van der Waals surface area contributed by atoms with Crippen molar-refractivity contribution in [2.24, 2.45) is 5.92 Å². The van der Waals surface area contributed by atoms with Gasteiger partial charge in [0, 0.05) is 25.2 Å². The summed E-state index contributed by atoms with van der Waals surface area (Å²) >= 11 is 0. The van der Waals surface area contributed by atoms with Crippen molar-refractivity contribution >= 4 is 10.0 Å². The summed E-state index contributed by atoms with van der Waals surface area (Å²) < 4.78 is 37.8. The molecule has 0 bridgehead atoms. The lowest BCUT2D eigenvalue weighted by molar-refractivity contribution is 0.0960. The van der Waals surface area contributed by atoms with Crippen LogP contribution in [0.5, 0.6) is 5.88 Å². The molecule has 0 spiro atoms. The standard InChI is InChI=1S/C14H19N5O4S/c1-22-14-11(4-3-5-15-14)13-12-9-23-8-10(6-16-24(2,20)21)7-19(12)18-17-13/h3-5,10,16H,6-9H2,1-2H3. The van der Waals surface area contributed by atoms with Gasteiger partial charge in [-0.15, -0.1) is 5.10 Å². The number of sulfonamides is 1. The van der Waals surface area contributed by atoms with E-state index in [1.165, 1.54) is 0 Å². The van der Waals surface area contributed by atoms with Gasteiger partial charge in [0.2, 0.25) is 15.9 Å². The maximum atomic E-state index is 11.3. The van der Waals surface area contributed by atoms with E-state index in [0.717, 1.165) is 17.5 Å². The first-order valence-electron chi connectivity index (χ1n) is 7.42. The van der Waals surface area contributed by atoms with Crippen LogP contribution in [-0.4, -0.2) is 54.9 Å². The molecule has 0 aliphatic carbocycles. The Hall–Kier alpha value is -2.04. The van der Waals surface area contributed by atoms with Gasteiger partial charge in [-0.3, -0.25) is 0 Å². The fraction of sp³-hybridized carbons (Fsp3) is 0.500. The third-order valence-corrected chi connectivity index (χ3v) is 4.41. The van der Waals surface area contributed by atoms with E-state index in [0.29, 0.717) is 37.9 Å². The summed E-state index contributed by atoms with van der Waals surface area (Å²) in [7, 11) is -1.68. The molecule has 1 aliphatic heterocycles. The monoisotopic (exact) mass is 353 g/mol. The van der Waals surface area contributed by atoms with Crippen LogP contribution in [0.2, 0.25) is 0 Å². The second-order valence-electron chi connectivity index (χ2n) is 5.63. The van der Waals surface area contributed by atoms with E-state index < -0.39 is 10.0 Å². The molecule has 1 N–H and O–H groups in total. The third-order valence-electron chi connectivity index (χ3n) is 3.71. The number of methoxy groups -OCH3 is 1. The van der Waals surface area contributed by atoms with Crippen molar-refractivity contribution < 1.29 is 17.9 Å². The van der Waals surface area contributed by atoms with E-state index in [2.05, 4.69) is 20.0 Å².